The Hall–Kier alpha value is -0.910. The van der Waals surface area contributed by atoms with Gasteiger partial charge in [0.15, 0.2) is 0 Å². The van der Waals surface area contributed by atoms with E-state index in [-0.39, 0.29) is 5.91 Å². The van der Waals surface area contributed by atoms with Crippen LogP contribution in [-0.2, 0) is 11.2 Å². The van der Waals surface area contributed by atoms with Crippen LogP contribution in [0, 0.1) is 0 Å². The van der Waals surface area contributed by atoms with E-state index in [2.05, 4.69) is 43.6 Å². The van der Waals surface area contributed by atoms with E-state index in [0.717, 1.165) is 56.6 Å². The molecule has 116 valence electrons. The fraction of sp³-hybridized carbons (Fsp3) is 0.562. The van der Waals surface area contributed by atoms with E-state index in [1.54, 1.807) is 0 Å². The number of amides is 1. The average molecular weight is 354 g/mol. The monoisotopic (exact) mass is 353 g/mol. The van der Waals surface area contributed by atoms with Gasteiger partial charge in [-0.15, -0.1) is 0 Å². The second-order valence-corrected chi connectivity index (χ2v) is 6.34. The number of halogens is 1. The fourth-order valence-electron chi connectivity index (χ4n) is 2.50. The molecule has 2 N–H and O–H groups in total. The molecule has 1 aromatic rings. The molecule has 0 spiro atoms. The zero-order valence-electron chi connectivity index (χ0n) is 12.4. The summed E-state index contributed by atoms with van der Waals surface area (Å²) < 4.78 is 1.07. The number of carbonyl (C=O) groups excluding carboxylic acids is 1. The molecule has 0 aromatic heterocycles. The summed E-state index contributed by atoms with van der Waals surface area (Å²) in [6.45, 7) is 6.26. The highest BCUT2D eigenvalue weighted by Crippen LogP contribution is 2.12. The highest BCUT2D eigenvalue weighted by molar-refractivity contribution is 9.10. The van der Waals surface area contributed by atoms with Gasteiger partial charge < -0.3 is 15.5 Å². The van der Waals surface area contributed by atoms with Crippen molar-refractivity contribution in [2.45, 2.75) is 19.3 Å². The lowest BCUT2D eigenvalue weighted by atomic mass is 10.1. The molecule has 0 atom stereocenters. The zero-order chi connectivity index (χ0) is 14.9. The van der Waals surface area contributed by atoms with Crippen LogP contribution in [0.3, 0.4) is 0 Å². The second-order valence-electron chi connectivity index (χ2n) is 5.43. The van der Waals surface area contributed by atoms with Gasteiger partial charge in [-0.05, 0) is 37.1 Å². The van der Waals surface area contributed by atoms with Crippen LogP contribution in [0.5, 0.6) is 0 Å². The zero-order valence-corrected chi connectivity index (χ0v) is 14.0. The van der Waals surface area contributed by atoms with Crippen LogP contribution in [0.2, 0.25) is 0 Å². The molecule has 4 nitrogen and oxygen atoms in total. The molecule has 1 fully saturated rings. The Morgan fingerprint density at radius 1 is 1.33 bits per heavy atom. The van der Waals surface area contributed by atoms with Gasteiger partial charge in [0.25, 0.3) is 0 Å². The Morgan fingerprint density at radius 3 is 2.90 bits per heavy atom. The SMILES string of the molecule is O=C(CCc1cccc(Br)c1)NCCCN1CCNCC1. The molecule has 5 heteroatoms. The molecule has 1 amide bonds. The summed E-state index contributed by atoms with van der Waals surface area (Å²) in [6.07, 6.45) is 2.38. The molecule has 1 aromatic carbocycles. The van der Waals surface area contributed by atoms with Gasteiger partial charge in [0, 0.05) is 43.6 Å². The molecule has 2 rings (SSSR count). The van der Waals surface area contributed by atoms with Gasteiger partial charge >= 0.3 is 0 Å². The van der Waals surface area contributed by atoms with Gasteiger partial charge in [-0.1, -0.05) is 28.1 Å². The molecule has 1 aliphatic rings. The van der Waals surface area contributed by atoms with E-state index in [1.807, 2.05) is 12.1 Å². The number of nitrogens with one attached hydrogen (secondary N) is 2. The van der Waals surface area contributed by atoms with E-state index >= 15 is 0 Å². The third kappa shape index (κ3) is 6.59. The molecule has 1 aliphatic heterocycles. The van der Waals surface area contributed by atoms with Gasteiger partial charge in [0.2, 0.25) is 5.91 Å². The van der Waals surface area contributed by atoms with Crippen molar-refractivity contribution >= 4 is 21.8 Å². The fourth-order valence-corrected chi connectivity index (χ4v) is 2.95. The lowest BCUT2D eigenvalue weighted by Crippen LogP contribution is -2.44. The third-order valence-electron chi connectivity index (χ3n) is 3.71. The number of nitrogens with zero attached hydrogens (tertiary/aromatic N) is 1. The molecular weight excluding hydrogens is 330 g/mol. The maximum absolute atomic E-state index is 11.8. The van der Waals surface area contributed by atoms with Crippen molar-refractivity contribution in [3.63, 3.8) is 0 Å². The minimum absolute atomic E-state index is 0.148. The number of hydrogen-bond acceptors (Lipinski definition) is 3. The summed E-state index contributed by atoms with van der Waals surface area (Å²) >= 11 is 3.45. The first-order valence-corrected chi connectivity index (χ1v) is 8.47. The summed E-state index contributed by atoms with van der Waals surface area (Å²) in [4.78, 5) is 14.3. The summed E-state index contributed by atoms with van der Waals surface area (Å²) in [5, 5.41) is 6.36. The Kier molecular flexibility index (Phi) is 7.19. The van der Waals surface area contributed by atoms with Crippen molar-refractivity contribution in [3.05, 3.63) is 34.3 Å². The minimum Gasteiger partial charge on any atom is -0.356 e. The number of carbonyl (C=O) groups is 1. The van der Waals surface area contributed by atoms with Crippen LogP contribution in [0.25, 0.3) is 0 Å². The summed E-state index contributed by atoms with van der Waals surface area (Å²) in [5.41, 5.74) is 1.19. The Labute approximate surface area is 135 Å². The van der Waals surface area contributed by atoms with Crippen LogP contribution in [0.4, 0.5) is 0 Å². The average Bonchev–Trinajstić information content (AvgIpc) is 2.51. The quantitative estimate of drug-likeness (QED) is 0.734. The highest BCUT2D eigenvalue weighted by atomic mass is 79.9. The van der Waals surface area contributed by atoms with Crippen molar-refractivity contribution in [1.82, 2.24) is 15.5 Å². The van der Waals surface area contributed by atoms with Crippen molar-refractivity contribution in [2.24, 2.45) is 0 Å². The first-order chi connectivity index (χ1) is 10.2. The third-order valence-corrected chi connectivity index (χ3v) is 4.21. The number of benzene rings is 1. The smallest absolute Gasteiger partial charge is 0.220 e. The van der Waals surface area contributed by atoms with Gasteiger partial charge in [-0.2, -0.15) is 0 Å². The summed E-state index contributed by atoms with van der Waals surface area (Å²) in [6, 6.07) is 8.13. The van der Waals surface area contributed by atoms with E-state index in [4.69, 9.17) is 0 Å². The molecule has 1 saturated heterocycles. The van der Waals surface area contributed by atoms with Crippen molar-refractivity contribution in [1.29, 1.82) is 0 Å². The van der Waals surface area contributed by atoms with Gasteiger partial charge in [-0.3, -0.25) is 4.79 Å². The molecule has 0 bridgehead atoms. The Bertz CT molecular complexity index is 447. The lowest BCUT2D eigenvalue weighted by Gasteiger charge is -2.27. The Morgan fingerprint density at radius 2 is 2.14 bits per heavy atom. The lowest BCUT2D eigenvalue weighted by molar-refractivity contribution is -0.121. The molecule has 1 heterocycles. The minimum atomic E-state index is 0.148. The predicted octanol–water partition coefficient (Wildman–Crippen LogP) is 1.79. The standard InChI is InChI=1S/C16H24BrN3O/c17-15-4-1-3-14(13-15)5-6-16(21)19-7-2-10-20-11-8-18-9-12-20/h1,3-4,13,18H,2,5-12H2,(H,19,21). The highest BCUT2D eigenvalue weighted by Gasteiger charge is 2.08. The largest absolute Gasteiger partial charge is 0.356 e. The van der Waals surface area contributed by atoms with E-state index in [1.165, 1.54) is 5.56 Å². The normalized spacial score (nSPS) is 15.9. The molecule has 0 radical (unpaired) electrons. The maximum Gasteiger partial charge on any atom is 0.220 e. The number of hydrogen-bond donors (Lipinski definition) is 2. The molecule has 21 heavy (non-hydrogen) atoms. The van der Waals surface area contributed by atoms with Crippen LogP contribution < -0.4 is 10.6 Å². The number of rotatable bonds is 7. The van der Waals surface area contributed by atoms with E-state index in [9.17, 15) is 4.79 Å². The summed E-state index contributed by atoms with van der Waals surface area (Å²) in [5.74, 6) is 0.148. The molecule has 0 aliphatic carbocycles. The van der Waals surface area contributed by atoms with Gasteiger partial charge in [0.1, 0.15) is 0 Å². The Balaban J connectivity index is 1.55. The van der Waals surface area contributed by atoms with Crippen molar-refractivity contribution in [3.8, 4) is 0 Å². The van der Waals surface area contributed by atoms with Crippen molar-refractivity contribution < 1.29 is 4.79 Å². The first kappa shape index (κ1) is 16.5. The molecule has 0 saturated carbocycles. The maximum atomic E-state index is 11.8. The topological polar surface area (TPSA) is 44.4 Å². The van der Waals surface area contributed by atoms with E-state index < -0.39 is 0 Å². The van der Waals surface area contributed by atoms with Crippen LogP contribution >= 0.6 is 15.9 Å². The molecule has 0 unspecified atom stereocenters. The van der Waals surface area contributed by atoms with Crippen LogP contribution in [0.1, 0.15) is 18.4 Å². The van der Waals surface area contributed by atoms with Gasteiger partial charge in [-0.25, -0.2) is 0 Å². The van der Waals surface area contributed by atoms with Crippen molar-refractivity contribution in [2.75, 3.05) is 39.3 Å². The summed E-state index contributed by atoms with van der Waals surface area (Å²) in [7, 11) is 0. The van der Waals surface area contributed by atoms with Gasteiger partial charge in [0.05, 0.1) is 0 Å². The van der Waals surface area contributed by atoms with Crippen LogP contribution in [-0.4, -0.2) is 50.1 Å². The number of aryl methyl sites for hydroxylation is 1. The number of piperazine rings is 1. The second kappa shape index (κ2) is 9.18. The predicted molar refractivity (Wildman–Crippen MR) is 89.4 cm³/mol. The van der Waals surface area contributed by atoms with E-state index in [0.29, 0.717) is 6.42 Å². The van der Waals surface area contributed by atoms with Crippen LogP contribution in [0.15, 0.2) is 28.7 Å². The molecular formula is C16H24BrN3O. The first-order valence-electron chi connectivity index (χ1n) is 7.68.